The minimum Gasteiger partial charge on any atom is -0.480 e. The molecule has 2 heterocycles. The Balaban J connectivity index is 2.02. The lowest BCUT2D eigenvalue weighted by Gasteiger charge is -2.40. The first-order valence-electron chi connectivity index (χ1n) is 23.3. The minimum absolute atomic E-state index is 0.139. The molecule has 0 unspecified atom stereocenters. The van der Waals surface area contributed by atoms with Crippen LogP contribution in [-0.2, 0) is 61.9 Å². The standard InChI is InChI=1S/C44H74N10O19/c1-4-12-66-14-16-68-18-19-69-17-15-67-13-11-54(9-5-7-49-34(60)24-70-38(30(58)22-55)37-26(2)28(52-43(45)46)20-32(72-37)41(62)63)10-6-8-50-35(61)25-71-39(31(59)23-56)40-36(51-27(3)57)29(53-44(47)48)21-33(73-40)42(64)65/h1,20-21,26,28-31,36-40,55-56,58-59H,5-19,22-25H2,2-3H3,(H,49,60)(H,50,61)(H,51,57)(H,62,63)(H,64,65)(H4,45,46,52)(H4,47,48,53)/t26-,28+,29+,30-,31-,36-,37-,38-,39-,40-/m1/s1. The van der Waals surface area contributed by atoms with E-state index < -0.39 is 134 Å². The number of carbonyl (C=O) groups excluding carboxylic acids is 3. The molecule has 29 heteroatoms. The van der Waals surface area contributed by atoms with E-state index in [-0.39, 0.29) is 32.3 Å². The fourth-order valence-corrected chi connectivity index (χ4v) is 7.29. The summed E-state index contributed by atoms with van der Waals surface area (Å²) in [5.74, 6) is -4.99. The van der Waals surface area contributed by atoms with E-state index in [0.29, 0.717) is 72.1 Å². The Morgan fingerprint density at radius 2 is 1.15 bits per heavy atom. The average Bonchev–Trinajstić information content (AvgIpc) is 3.33. The number of aliphatic imine (C=N–C) groups is 2. The van der Waals surface area contributed by atoms with Gasteiger partial charge in [0, 0.05) is 32.5 Å². The molecular weight excluding hydrogens is 973 g/mol. The van der Waals surface area contributed by atoms with Crippen molar-refractivity contribution in [3.05, 3.63) is 23.7 Å². The van der Waals surface area contributed by atoms with Crippen molar-refractivity contribution >= 4 is 41.6 Å². The number of hydrogen-bond acceptors (Lipinski definition) is 20. The Kier molecular flexibility index (Phi) is 30.5. The van der Waals surface area contributed by atoms with Crippen LogP contribution >= 0.6 is 0 Å². The number of hydrogen-bond donors (Lipinski definition) is 13. The van der Waals surface area contributed by atoms with Crippen LogP contribution in [0.4, 0.5) is 0 Å². The first-order chi connectivity index (χ1) is 34.8. The molecule has 0 aromatic carbocycles. The summed E-state index contributed by atoms with van der Waals surface area (Å²) >= 11 is 0. The third-order valence-corrected chi connectivity index (χ3v) is 10.7. The summed E-state index contributed by atoms with van der Waals surface area (Å²) in [5, 5.41) is 68.3. The van der Waals surface area contributed by atoms with Gasteiger partial charge < -0.3 is 112 Å². The smallest absolute Gasteiger partial charge is 0.370 e. The van der Waals surface area contributed by atoms with Crippen LogP contribution in [-0.4, -0.2) is 244 Å². The molecule has 3 amide bonds. The van der Waals surface area contributed by atoms with Gasteiger partial charge in [-0.2, -0.15) is 0 Å². The number of amides is 3. The van der Waals surface area contributed by atoms with Crippen LogP contribution in [0.2, 0.25) is 0 Å². The molecule has 2 aliphatic heterocycles. The van der Waals surface area contributed by atoms with Gasteiger partial charge in [-0.15, -0.1) is 6.42 Å². The van der Waals surface area contributed by atoms with Crippen LogP contribution < -0.4 is 38.9 Å². The average molecular weight is 1050 g/mol. The van der Waals surface area contributed by atoms with Crippen molar-refractivity contribution in [1.82, 2.24) is 20.9 Å². The van der Waals surface area contributed by atoms with E-state index in [0.717, 1.165) is 6.08 Å². The SMILES string of the molecule is C#CCOCCOCCOCCOCCN(CCCNC(=O)CO[C@@H]([C@@H]1OC(C(=O)O)=C[C@H](N=C(N)N)[C@H]1C)[C@H](O)CO)CCCNC(=O)CO[C@@H]([C@@H]1OC(C(=O)O)=C[C@H](N=C(N)N)[C@H]1NC(C)=O)[C@H](O)CO. The van der Waals surface area contributed by atoms with Crippen molar-refractivity contribution in [3.63, 3.8) is 0 Å². The van der Waals surface area contributed by atoms with Crippen molar-refractivity contribution in [2.75, 3.05) is 112 Å². The normalized spacial score (nSPS) is 21.1. The number of ether oxygens (including phenoxy) is 8. The third kappa shape index (κ3) is 24.6. The number of carboxylic acid groups (broad SMARTS) is 2. The quantitative estimate of drug-likeness (QED) is 0.0118. The molecule has 0 spiro atoms. The van der Waals surface area contributed by atoms with E-state index >= 15 is 0 Å². The molecule has 0 aromatic rings. The Labute approximate surface area is 422 Å². The maximum absolute atomic E-state index is 13.0. The molecule has 17 N–H and O–H groups in total. The molecule has 73 heavy (non-hydrogen) atoms. The lowest BCUT2D eigenvalue weighted by Crippen LogP contribution is -2.60. The van der Waals surface area contributed by atoms with Gasteiger partial charge in [-0.25, -0.2) is 19.6 Å². The van der Waals surface area contributed by atoms with E-state index in [2.05, 4.69) is 31.9 Å². The molecule has 0 aromatic heterocycles. The fraction of sp³-hybridized carbons (Fsp3) is 0.705. The Morgan fingerprint density at radius 3 is 1.60 bits per heavy atom. The molecule has 0 saturated heterocycles. The summed E-state index contributed by atoms with van der Waals surface area (Å²) in [6.45, 7) is 3.99. The Morgan fingerprint density at radius 1 is 0.712 bits per heavy atom. The van der Waals surface area contributed by atoms with Crippen LogP contribution in [0.1, 0.15) is 26.7 Å². The topological polar surface area (TPSA) is 449 Å². The maximum atomic E-state index is 13.0. The number of carboxylic acids is 2. The number of aliphatic hydroxyl groups is 4. The van der Waals surface area contributed by atoms with Crippen molar-refractivity contribution in [1.29, 1.82) is 0 Å². The van der Waals surface area contributed by atoms with E-state index in [1.54, 1.807) is 6.92 Å². The second-order valence-electron chi connectivity index (χ2n) is 16.4. The highest BCUT2D eigenvalue weighted by molar-refractivity contribution is 5.86. The highest BCUT2D eigenvalue weighted by Crippen LogP contribution is 2.31. The largest absolute Gasteiger partial charge is 0.480 e. The maximum Gasteiger partial charge on any atom is 0.370 e. The van der Waals surface area contributed by atoms with Crippen molar-refractivity contribution in [3.8, 4) is 12.3 Å². The first-order valence-corrected chi connectivity index (χ1v) is 23.3. The van der Waals surface area contributed by atoms with Gasteiger partial charge in [-0.05, 0) is 38.1 Å². The van der Waals surface area contributed by atoms with Gasteiger partial charge in [0.15, 0.2) is 18.0 Å². The fourth-order valence-electron chi connectivity index (χ4n) is 7.29. The second-order valence-corrected chi connectivity index (χ2v) is 16.4. The van der Waals surface area contributed by atoms with Gasteiger partial charge in [-0.1, -0.05) is 12.8 Å². The third-order valence-electron chi connectivity index (χ3n) is 10.7. The van der Waals surface area contributed by atoms with Crippen molar-refractivity contribution in [2.24, 2.45) is 38.8 Å². The molecule has 0 radical (unpaired) electrons. The number of carbonyl (C=O) groups is 5. The number of nitrogens with one attached hydrogen (secondary N) is 3. The number of guanidine groups is 2. The van der Waals surface area contributed by atoms with E-state index in [1.165, 1.54) is 13.0 Å². The lowest BCUT2D eigenvalue weighted by atomic mass is 9.87. The summed E-state index contributed by atoms with van der Waals surface area (Å²) in [7, 11) is 0. The number of nitrogens with zero attached hydrogens (tertiary/aromatic N) is 3. The van der Waals surface area contributed by atoms with Gasteiger partial charge in [0.1, 0.15) is 50.3 Å². The molecule has 2 aliphatic rings. The van der Waals surface area contributed by atoms with Crippen LogP contribution in [0.15, 0.2) is 33.7 Å². The Hall–Kier alpha value is -5.91. The van der Waals surface area contributed by atoms with Gasteiger partial charge in [0.05, 0.1) is 77.6 Å². The summed E-state index contributed by atoms with van der Waals surface area (Å²) in [6, 6.07) is -3.28. The highest BCUT2D eigenvalue weighted by atomic mass is 16.6. The molecule has 0 fully saturated rings. The molecule has 414 valence electrons. The number of aliphatic carboxylic acids is 2. The molecule has 10 atom stereocenters. The van der Waals surface area contributed by atoms with Crippen LogP contribution in [0.5, 0.6) is 0 Å². The molecule has 2 rings (SSSR count). The summed E-state index contributed by atoms with van der Waals surface area (Å²) < 4.78 is 44.5. The van der Waals surface area contributed by atoms with Crippen LogP contribution in [0, 0.1) is 18.3 Å². The van der Waals surface area contributed by atoms with Crippen LogP contribution in [0.25, 0.3) is 0 Å². The van der Waals surface area contributed by atoms with Gasteiger partial charge >= 0.3 is 11.9 Å². The van der Waals surface area contributed by atoms with E-state index in [9.17, 15) is 54.6 Å². The van der Waals surface area contributed by atoms with E-state index in [1.807, 2.05) is 4.90 Å². The lowest BCUT2D eigenvalue weighted by molar-refractivity contribution is -0.160. The Bertz CT molecular complexity index is 1880. The van der Waals surface area contributed by atoms with Crippen molar-refractivity contribution < 1.29 is 92.5 Å². The van der Waals surface area contributed by atoms with Gasteiger partial charge in [0.25, 0.3) is 0 Å². The zero-order valence-electron chi connectivity index (χ0n) is 41.1. The van der Waals surface area contributed by atoms with Crippen LogP contribution in [0.3, 0.4) is 0 Å². The molecular formula is C44H74N10O19. The minimum atomic E-state index is -1.72. The number of nitrogens with two attached hydrogens (primary N) is 4. The highest BCUT2D eigenvalue weighted by Gasteiger charge is 2.46. The zero-order valence-corrected chi connectivity index (χ0v) is 41.1. The summed E-state index contributed by atoms with van der Waals surface area (Å²) in [5.41, 5.74) is 22.2. The van der Waals surface area contributed by atoms with Gasteiger partial charge in [0.2, 0.25) is 29.2 Å². The predicted molar refractivity (Wildman–Crippen MR) is 257 cm³/mol. The predicted octanol–water partition coefficient (Wildman–Crippen LogP) is -6.36. The zero-order chi connectivity index (χ0) is 54.3. The summed E-state index contributed by atoms with van der Waals surface area (Å²) in [4.78, 5) is 71.9. The second kappa shape index (κ2) is 35.3. The molecule has 0 bridgehead atoms. The number of rotatable bonds is 38. The summed E-state index contributed by atoms with van der Waals surface area (Å²) in [6.07, 6.45) is -0.694. The molecule has 29 nitrogen and oxygen atoms in total. The van der Waals surface area contributed by atoms with E-state index in [4.69, 9.17) is 67.3 Å². The van der Waals surface area contributed by atoms with Gasteiger partial charge in [-0.3, -0.25) is 14.4 Å². The molecule has 0 aliphatic carbocycles. The molecule has 0 saturated carbocycles. The number of terminal acetylenes is 1. The first kappa shape index (κ1) is 63.2. The number of aliphatic hydroxyl groups excluding tert-OH is 4. The monoisotopic (exact) mass is 1050 g/mol. The van der Waals surface area contributed by atoms with Crippen molar-refractivity contribution in [2.45, 2.75) is 81.4 Å².